The Kier molecular flexibility index (Phi) is 4.52. The molecule has 1 fully saturated rings. The van der Waals surface area contributed by atoms with E-state index in [4.69, 9.17) is 10.5 Å². The fourth-order valence-electron chi connectivity index (χ4n) is 2.00. The number of benzene rings is 1. The summed E-state index contributed by atoms with van der Waals surface area (Å²) in [5.74, 6) is -1.15. The van der Waals surface area contributed by atoms with Crippen LogP contribution in [0, 0.1) is 15.9 Å². The van der Waals surface area contributed by atoms with Gasteiger partial charge in [0.2, 0.25) is 10.0 Å². The molecular formula is C11H14FN3O5S. The smallest absolute Gasteiger partial charge is 0.272 e. The zero-order valence-corrected chi connectivity index (χ0v) is 11.8. The quantitative estimate of drug-likeness (QED) is 0.621. The minimum absolute atomic E-state index is 0.0231. The predicted molar refractivity (Wildman–Crippen MR) is 70.6 cm³/mol. The zero-order chi connectivity index (χ0) is 15.6. The molecule has 1 aromatic carbocycles. The number of hydrogen-bond donors (Lipinski definition) is 1. The first-order valence-corrected chi connectivity index (χ1v) is 7.56. The number of non-ortho nitro benzene ring substituents is 1. The molecule has 0 aliphatic carbocycles. The number of nitrogens with zero attached hydrogens (tertiary/aromatic N) is 2. The Hall–Kier alpha value is -1.62. The van der Waals surface area contributed by atoms with Gasteiger partial charge in [0.25, 0.3) is 5.69 Å². The number of sulfonamides is 1. The third kappa shape index (κ3) is 3.18. The first-order valence-electron chi connectivity index (χ1n) is 6.12. The maximum absolute atomic E-state index is 13.9. The standard InChI is InChI=1S/C11H14FN3O5S/c12-10-5-8(15(16)17)1-2-11(10)21(18,19)14-3-4-20-9(6-13)7-14/h1-2,5,9H,3-4,6-7,13H2. The fraction of sp³-hybridized carbons (Fsp3) is 0.455. The lowest BCUT2D eigenvalue weighted by molar-refractivity contribution is -0.385. The van der Waals surface area contributed by atoms with Gasteiger partial charge in [0.1, 0.15) is 10.7 Å². The summed E-state index contributed by atoms with van der Waals surface area (Å²) >= 11 is 0. The fourth-order valence-corrected chi connectivity index (χ4v) is 3.51. The van der Waals surface area contributed by atoms with Gasteiger partial charge in [0.05, 0.1) is 23.7 Å². The second-order valence-corrected chi connectivity index (χ2v) is 6.37. The molecule has 1 aliphatic rings. The lowest BCUT2D eigenvalue weighted by atomic mass is 10.3. The van der Waals surface area contributed by atoms with E-state index in [2.05, 4.69) is 0 Å². The van der Waals surface area contributed by atoms with E-state index < -0.39 is 37.5 Å². The van der Waals surface area contributed by atoms with E-state index in [-0.39, 0.29) is 26.2 Å². The lowest BCUT2D eigenvalue weighted by Gasteiger charge is -2.31. The number of rotatable bonds is 4. The van der Waals surface area contributed by atoms with Crippen molar-refractivity contribution in [2.24, 2.45) is 5.73 Å². The van der Waals surface area contributed by atoms with Gasteiger partial charge in [0, 0.05) is 25.7 Å². The highest BCUT2D eigenvalue weighted by molar-refractivity contribution is 7.89. The summed E-state index contributed by atoms with van der Waals surface area (Å²) < 4.78 is 44.9. The molecule has 0 radical (unpaired) electrons. The van der Waals surface area contributed by atoms with Crippen molar-refractivity contribution in [3.63, 3.8) is 0 Å². The minimum atomic E-state index is -4.08. The van der Waals surface area contributed by atoms with Gasteiger partial charge in [-0.25, -0.2) is 12.8 Å². The summed E-state index contributed by atoms with van der Waals surface area (Å²) in [5.41, 5.74) is 4.93. The summed E-state index contributed by atoms with van der Waals surface area (Å²) in [4.78, 5) is 9.16. The number of ether oxygens (including phenoxy) is 1. The van der Waals surface area contributed by atoms with Crippen LogP contribution in [0.1, 0.15) is 0 Å². The predicted octanol–water partition coefficient (Wildman–Crippen LogP) is 0.0821. The Bertz CT molecular complexity index is 651. The van der Waals surface area contributed by atoms with Crippen LogP contribution >= 0.6 is 0 Å². The third-order valence-electron chi connectivity index (χ3n) is 3.11. The molecule has 1 atom stereocenters. The maximum atomic E-state index is 13.9. The molecule has 0 aromatic heterocycles. The molecule has 0 spiro atoms. The third-order valence-corrected chi connectivity index (χ3v) is 5.01. The molecule has 1 aromatic rings. The van der Waals surface area contributed by atoms with Gasteiger partial charge < -0.3 is 10.5 Å². The van der Waals surface area contributed by atoms with Crippen LogP contribution in [0.5, 0.6) is 0 Å². The first-order chi connectivity index (χ1) is 9.86. The molecular weight excluding hydrogens is 305 g/mol. The van der Waals surface area contributed by atoms with Crippen molar-refractivity contribution in [3.8, 4) is 0 Å². The largest absolute Gasteiger partial charge is 0.374 e. The summed E-state index contributed by atoms with van der Waals surface area (Å²) in [6, 6.07) is 2.44. The maximum Gasteiger partial charge on any atom is 0.272 e. The second kappa shape index (κ2) is 6.02. The average molecular weight is 319 g/mol. The zero-order valence-electron chi connectivity index (χ0n) is 10.9. The normalized spacial score (nSPS) is 20.4. The van der Waals surface area contributed by atoms with Crippen molar-refractivity contribution in [2.75, 3.05) is 26.2 Å². The van der Waals surface area contributed by atoms with E-state index in [1.54, 1.807) is 0 Å². The van der Waals surface area contributed by atoms with E-state index in [1.165, 1.54) is 0 Å². The van der Waals surface area contributed by atoms with Crippen LogP contribution in [0.2, 0.25) is 0 Å². The Balaban J connectivity index is 2.33. The van der Waals surface area contributed by atoms with Crippen LogP contribution in [0.25, 0.3) is 0 Å². The summed E-state index contributed by atoms with van der Waals surface area (Å²) in [7, 11) is -4.08. The number of nitro benzene ring substituents is 1. The molecule has 0 saturated carbocycles. The van der Waals surface area contributed by atoms with Crippen molar-refractivity contribution in [1.29, 1.82) is 0 Å². The number of nitro groups is 1. The van der Waals surface area contributed by atoms with Crippen LogP contribution in [0.4, 0.5) is 10.1 Å². The van der Waals surface area contributed by atoms with Gasteiger partial charge in [-0.2, -0.15) is 4.31 Å². The number of halogens is 1. The van der Waals surface area contributed by atoms with E-state index in [0.717, 1.165) is 16.4 Å². The van der Waals surface area contributed by atoms with Crippen molar-refractivity contribution in [2.45, 2.75) is 11.0 Å². The van der Waals surface area contributed by atoms with Gasteiger partial charge in [-0.3, -0.25) is 10.1 Å². The Morgan fingerprint density at radius 2 is 2.24 bits per heavy atom. The van der Waals surface area contributed by atoms with Crippen molar-refractivity contribution < 1.29 is 22.5 Å². The SMILES string of the molecule is NCC1CN(S(=O)(=O)c2ccc([N+](=O)[O-])cc2F)CCO1. The Morgan fingerprint density at radius 1 is 1.52 bits per heavy atom. The summed E-state index contributed by atoms with van der Waals surface area (Å²) in [5, 5.41) is 10.5. The highest BCUT2D eigenvalue weighted by atomic mass is 32.2. The second-order valence-electron chi connectivity index (χ2n) is 4.46. The van der Waals surface area contributed by atoms with E-state index in [0.29, 0.717) is 6.07 Å². The van der Waals surface area contributed by atoms with Gasteiger partial charge in [0.15, 0.2) is 0 Å². The number of nitrogens with two attached hydrogens (primary N) is 1. The monoisotopic (exact) mass is 319 g/mol. The average Bonchev–Trinajstić information content (AvgIpc) is 2.46. The van der Waals surface area contributed by atoms with Gasteiger partial charge in [-0.1, -0.05) is 0 Å². The van der Waals surface area contributed by atoms with Gasteiger partial charge in [-0.15, -0.1) is 0 Å². The molecule has 1 saturated heterocycles. The number of morpholine rings is 1. The Labute approximate surface area is 120 Å². The lowest BCUT2D eigenvalue weighted by Crippen LogP contribution is -2.48. The molecule has 0 bridgehead atoms. The molecule has 1 unspecified atom stereocenters. The van der Waals surface area contributed by atoms with Gasteiger partial charge >= 0.3 is 0 Å². The van der Waals surface area contributed by atoms with Crippen LogP contribution in [0.15, 0.2) is 23.1 Å². The van der Waals surface area contributed by atoms with Crippen LogP contribution in [-0.2, 0) is 14.8 Å². The van der Waals surface area contributed by atoms with Crippen molar-refractivity contribution in [1.82, 2.24) is 4.31 Å². The van der Waals surface area contributed by atoms with Crippen LogP contribution < -0.4 is 5.73 Å². The minimum Gasteiger partial charge on any atom is -0.374 e. The van der Waals surface area contributed by atoms with Crippen molar-refractivity contribution >= 4 is 15.7 Å². The van der Waals surface area contributed by atoms with Crippen LogP contribution in [0.3, 0.4) is 0 Å². The molecule has 10 heteroatoms. The number of hydrogen-bond acceptors (Lipinski definition) is 6. The van der Waals surface area contributed by atoms with E-state index in [1.807, 2.05) is 0 Å². The van der Waals surface area contributed by atoms with E-state index >= 15 is 0 Å². The summed E-state index contributed by atoms with van der Waals surface area (Å²) in [6.45, 7) is 0.412. The molecule has 116 valence electrons. The summed E-state index contributed by atoms with van der Waals surface area (Å²) in [6.07, 6.45) is -0.449. The molecule has 1 aliphatic heterocycles. The van der Waals surface area contributed by atoms with Crippen LogP contribution in [-0.4, -0.2) is 50.0 Å². The first kappa shape index (κ1) is 15.8. The highest BCUT2D eigenvalue weighted by Crippen LogP contribution is 2.24. The molecule has 0 amide bonds. The van der Waals surface area contributed by atoms with E-state index in [9.17, 15) is 22.9 Å². The van der Waals surface area contributed by atoms with Gasteiger partial charge in [-0.05, 0) is 6.07 Å². The Morgan fingerprint density at radius 3 is 2.81 bits per heavy atom. The molecule has 2 rings (SSSR count). The molecule has 21 heavy (non-hydrogen) atoms. The topological polar surface area (TPSA) is 116 Å². The molecule has 1 heterocycles. The van der Waals surface area contributed by atoms with Crippen molar-refractivity contribution in [3.05, 3.63) is 34.1 Å². The molecule has 8 nitrogen and oxygen atoms in total. The molecule has 2 N–H and O–H groups in total. The highest BCUT2D eigenvalue weighted by Gasteiger charge is 2.32.